The maximum Gasteiger partial charge on any atom is 0.263 e. The van der Waals surface area contributed by atoms with Crippen molar-refractivity contribution in [3.63, 3.8) is 0 Å². The van der Waals surface area contributed by atoms with Crippen LogP contribution in [0.25, 0.3) is 0 Å². The van der Waals surface area contributed by atoms with Crippen LogP contribution in [0.15, 0.2) is 41.8 Å². The van der Waals surface area contributed by atoms with Crippen LogP contribution in [-0.2, 0) is 11.3 Å². The van der Waals surface area contributed by atoms with Crippen LogP contribution < -0.4 is 5.32 Å². The number of hydrogen-bond acceptors (Lipinski definition) is 3. The summed E-state index contributed by atoms with van der Waals surface area (Å²) >= 11 is 1.42. The summed E-state index contributed by atoms with van der Waals surface area (Å²) in [6, 6.07) is 9.84. The molecule has 2 amide bonds. The Hall–Kier alpha value is -2.21. The van der Waals surface area contributed by atoms with Gasteiger partial charge in [-0.2, -0.15) is 0 Å². The van der Waals surface area contributed by atoms with E-state index in [-0.39, 0.29) is 23.5 Å². The lowest BCUT2D eigenvalue weighted by Gasteiger charge is -2.31. The number of nitrogens with one attached hydrogen (secondary N) is 1. The highest BCUT2D eigenvalue weighted by Gasteiger charge is 2.29. The summed E-state index contributed by atoms with van der Waals surface area (Å²) in [5, 5.41) is 4.72. The molecule has 0 bridgehead atoms. The molecule has 1 aromatic carbocycles. The van der Waals surface area contributed by atoms with Gasteiger partial charge in [0, 0.05) is 19.6 Å². The summed E-state index contributed by atoms with van der Waals surface area (Å²) in [6.45, 7) is 1.42. The molecule has 1 N–H and O–H groups in total. The van der Waals surface area contributed by atoms with E-state index in [4.69, 9.17) is 0 Å². The Morgan fingerprint density at radius 2 is 2.17 bits per heavy atom. The zero-order chi connectivity index (χ0) is 16.9. The molecule has 1 aliphatic heterocycles. The summed E-state index contributed by atoms with van der Waals surface area (Å²) in [6.07, 6.45) is 1.58. The van der Waals surface area contributed by atoms with Crippen LogP contribution in [-0.4, -0.2) is 29.8 Å². The Balaban J connectivity index is 1.56. The Morgan fingerprint density at radius 3 is 2.92 bits per heavy atom. The Bertz CT molecular complexity index is 718. The van der Waals surface area contributed by atoms with Crippen molar-refractivity contribution in [2.75, 3.05) is 13.1 Å². The van der Waals surface area contributed by atoms with E-state index in [2.05, 4.69) is 5.32 Å². The van der Waals surface area contributed by atoms with Crippen molar-refractivity contribution in [3.05, 3.63) is 58.0 Å². The second kappa shape index (κ2) is 7.57. The molecule has 1 saturated heterocycles. The fourth-order valence-electron chi connectivity index (χ4n) is 2.91. The van der Waals surface area contributed by atoms with Crippen molar-refractivity contribution in [3.8, 4) is 0 Å². The molecular formula is C18H19FN2O2S. The monoisotopic (exact) mass is 346 g/mol. The summed E-state index contributed by atoms with van der Waals surface area (Å²) in [4.78, 5) is 27.2. The number of benzene rings is 1. The molecule has 4 nitrogen and oxygen atoms in total. The molecule has 3 rings (SSSR count). The van der Waals surface area contributed by atoms with Gasteiger partial charge in [-0.15, -0.1) is 11.3 Å². The molecule has 6 heteroatoms. The number of piperidine rings is 1. The molecule has 1 atom stereocenters. The summed E-state index contributed by atoms with van der Waals surface area (Å²) in [5.41, 5.74) is 0.727. The molecule has 24 heavy (non-hydrogen) atoms. The number of hydrogen-bond donors (Lipinski definition) is 1. The van der Waals surface area contributed by atoms with Crippen molar-refractivity contribution < 1.29 is 14.0 Å². The van der Waals surface area contributed by atoms with Crippen LogP contribution in [0.3, 0.4) is 0 Å². The number of halogens is 1. The maximum absolute atomic E-state index is 13.2. The standard InChI is InChI=1S/C18H19FN2O2S/c19-15-6-1-4-13(10-15)11-20-17(22)14-5-2-8-21(12-14)18(23)16-7-3-9-24-16/h1,3-4,6-7,9-10,14H,2,5,8,11-12H2,(H,20,22). The smallest absolute Gasteiger partial charge is 0.263 e. The first-order valence-electron chi connectivity index (χ1n) is 7.98. The number of nitrogens with zero attached hydrogens (tertiary/aromatic N) is 1. The largest absolute Gasteiger partial charge is 0.352 e. The number of carbonyl (C=O) groups excluding carboxylic acids is 2. The summed E-state index contributed by atoms with van der Waals surface area (Å²) in [5.74, 6) is -0.612. The van der Waals surface area contributed by atoms with Crippen molar-refractivity contribution in [1.29, 1.82) is 0 Å². The summed E-state index contributed by atoms with van der Waals surface area (Å²) in [7, 11) is 0. The topological polar surface area (TPSA) is 49.4 Å². The van der Waals surface area contributed by atoms with Crippen LogP contribution in [0.1, 0.15) is 28.1 Å². The zero-order valence-electron chi connectivity index (χ0n) is 13.2. The lowest BCUT2D eigenvalue weighted by molar-refractivity contribution is -0.126. The molecule has 0 aliphatic carbocycles. The van der Waals surface area contributed by atoms with E-state index in [0.717, 1.165) is 18.4 Å². The Morgan fingerprint density at radius 1 is 1.29 bits per heavy atom. The molecule has 1 aromatic heterocycles. The number of thiophene rings is 1. The van der Waals surface area contributed by atoms with E-state index < -0.39 is 0 Å². The minimum absolute atomic E-state index is 0.00682. The first-order chi connectivity index (χ1) is 11.6. The SMILES string of the molecule is O=C(NCc1cccc(F)c1)C1CCCN(C(=O)c2cccs2)C1. The first kappa shape index (κ1) is 16.6. The molecule has 1 fully saturated rings. The second-order valence-electron chi connectivity index (χ2n) is 5.92. The van der Waals surface area contributed by atoms with Crippen molar-refractivity contribution in [1.82, 2.24) is 10.2 Å². The van der Waals surface area contributed by atoms with Crippen LogP contribution in [0, 0.1) is 11.7 Å². The lowest BCUT2D eigenvalue weighted by atomic mass is 9.97. The predicted octanol–water partition coefficient (Wildman–Crippen LogP) is 3.06. The van der Waals surface area contributed by atoms with Crippen molar-refractivity contribution in [2.24, 2.45) is 5.92 Å². The van der Waals surface area contributed by atoms with Gasteiger partial charge < -0.3 is 10.2 Å². The van der Waals surface area contributed by atoms with Crippen molar-refractivity contribution in [2.45, 2.75) is 19.4 Å². The molecule has 2 heterocycles. The van der Waals surface area contributed by atoms with Gasteiger partial charge in [0.25, 0.3) is 5.91 Å². The van der Waals surface area contributed by atoms with Crippen LogP contribution in [0.5, 0.6) is 0 Å². The van der Waals surface area contributed by atoms with E-state index >= 15 is 0 Å². The first-order valence-corrected chi connectivity index (χ1v) is 8.86. The molecule has 126 valence electrons. The van der Waals surface area contributed by atoms with Gasteiger partial charge in [-0.3, -0.25) is 9.59 Å². The van der Waals surface area contributed by atoms with Gasteiger partial charge in [-0.05, 0) is 42.0 Å². The highest BCUT2D eigenvalue weighted by molar-refractivity contribution is 7.12. The van der Waals surface area contributed by atoms with E-state index in [1.807, 2.05) is 11.4 Å². The Labute approximate surface area is 144 Å². The number of rotatable bonds is 4. The van der Waals surface area contributed by atoms with Gasteiger partial charge in [0.05, 0.1) is 10.8 Å². The third-order valence-electron chi connectivity index (χ3n) is 4.17. The van der Waals surface area contributed by atoms with Gasteiger partial charge in [-0.1, -0.05) is 18.2 Å². The molecule has 0 saturated carbocycles. The quantitative estimate of drug-likeness (QED) is 0.925. The average Bonchev–Trinajstić information content (AvgIpc) is 3.14. The highest BCUT2D eigenvalue weighted by atomic mass is 32.1. The average molecular weight is 346 g/mol. The molecule has 0 radical (unpaired) electrons. The van der Waals surface area contributed by atoms with Gasteiger partial charge in [0.15, 0.2) is 0 Å². The highest BCUT2D eigenvalue weighted by Crippen LogP contribution is 2.20. The van der Waals surface area contributed by atoms with Gasteiger partial charge in [-0.25, -0.2) is 4.39 Å². The minimum atomic E-state index is -0.313. The number of amides is 2. The van der Waals surface area contributed by atoms with Crippen molar-refractivity contribution >= 4 is 23.2 Å². The fourth-order valence-corrected chi connectivity index (χ4v) is 3.60. The third-order valence-corrected chi connectivity index (χ3v) is 5.02. The zero-order valence-corrected chi connectivity index (χ0v) is 14.0. The molecule has 1 unspecified atom stereocenters. The van der Waals surface area contributed by atoms with E-state index in [9.17, 15) is 14.0 Å². The molecular weight excluding hydrogens is 327 g/mol. The van der Waals surface area contributed by atoms with Gasteiger partial charge in [0.2, 0.25) is 5.91 Å². The maximum atomic E-state index is 13.2. The van der Waals surface area contributed by atoms with E-state index in [0.29, 0.717) is 24.5 Å². The van der Waals surface area contributed by atoms with Gasteiger partial charge >= 0.3 is 0 Å². The van der Waals surface area contributed by atoms with E-state index in [1.54, 1.807) is 23.1 Å². The van der Waals surface area contributed by atoms with Gasteiger partial charge in [0.1, 0.15) is 5.82 Å². The van der Waals surface area contributed by atoms with Crippen LogP contribution >= 0.6 is 11.3 Å². The minimum Gasteiger partial charge on any atom is -0.352 e. The predicted molar refractivity (Wildman–Crippen MR) is 91.2 cm³/mol. The second-order valence-corrected chi connectivity index (χ2v) is 6.86. The Kier molecular flexibility index (Phi) is 5.25. The fraction of sp³-hybridized carbons (Fsp3) is 0.333. The van der Waals surface area contributed by atoms with E-state index in [1.165, 1.54) is 23.5 Å². The van der Waals surface area contributed by atoms with Crippen LogP contribution in [0.4, 0.5) is 4.39 Å². The molecule has 1 aliphatic rings. The lowest BCUT2D eigenvalue weighted by Crippen LogP contribution is -2.45. The summed E-state index contributed by atoms with van der Waals surface area (Å²) < 4.78 is 13.2. The molecule has 0 spiro atoms. The van der Waals surface area contributed by atoms with Crippen LogP contribution in [0.2, 0.25) is 0 Å². The normalized spacial score (nSPS) is 17.5. The number of likely N-dealkylation sites (tertiary alicyclic amines) is 1. The number of carbonyl (C=O) groups is 2. The third kappa shape index (κ3) is 4.00. The molecule has 2 aromatic rings.